The lowest BCUT2D eigenvalue weighted by molar-refractivity contribution is 0.101. The molecule has 1 fully saturated rings. The third-order valence-electron chi connectivity index (χ3n) is 5.19. The van der Waals surface area contributed by atoms with Crippen molar-refractivity contribution in [1.29, 1.82) is 0 Å². The molecule has 1 saturated carbocycles. The second-order valence-corrected chi connectivity index (χ2v) is 6.64. The molecule has 1 aromatic heterocycles. The number of ketones is 1. The number of furan rings is 1. The van der Waals surface area contributed by atoms with Crippen molar-refractivity contribution in [2.24, 2.45) is 0 Å². The largest absolute Gasteiger partial charge is 0.465 e. The summed E-state index contributed by atoms with van der Waals surface area (Å²) in [6, 6.07) is 23.0. The minimum Gasteiger partial charge on any atom is -0.465 e. The number of carbonyl (C=O) groups excluding carboxylic acids is 1. The minimum atomic E-state index is -0.166. The van der Waals surface area contributed by atoms with Crippen LogP contribution in [0.2, 0.25) is 0 Å². The topological polar surface area (TPSA) is 30.2 Å². The maximum Gasteiger partial charge on any atom is 0.163 e. The van der Waals surface area contributed by atoms with Crippen molar-refractivity contribution in [3.63, 3.8) is 0 Å². The predicted molar refractivity (Wildman–Crippen MR) is 94.5 cm³/mol. The van der Waals surface area contributed by atoms with Gasteiger partial charge in [-0.15, -0.1) is 0 Å². The highest BCUT2D eigenvalue weighted by molar-refractivity contribution is 5.95. The Morgan fingerprint density at radius 2 is 1.67 bits per heavy atom. The molecule has 0 N–H and O–H groups in total. The maximum atomic E-state index is 11.9. The number of carbonyl (C=O) groups is 1. The van der Waals surface area contributed by atoms with Gasteiger partial charge in [0.15, 0.2) is 5.78 Å². The Morgan fingerprint density at radius 1 is 1.04 bits per heavy atom. The van der Waals surface area contributed by atoms with Crippen LogP contribution in [0, 0.1) is 6.92 Å². The van der Waals surface area contributed by atoms with E-state index < -0.39 is 0 Å². The fraction of sp³-hybridized carbons (Fsp3) is 0.227. The van der Waals surface area contributed by atoms with Crippen molar-refractivity contribution < 1.29 is 9.21 Å². The number of benzene rings is 2. The van der Waals surface area contributed by atoms with Crippen molar-refractivity contribution >= 4 is 5.78 Å². The average Bonchev–Trinajstić information content (AvgIpc) is 3.25. The molecule has 2 aromatic carbocycles. The molecule has 0 radical (unpaired) electrons. The van der Waals surface area contributed by atoms with Gasteiger partial charge in [0.2, 0.25) is 0 Å². The lowest BCUT2D eigenvalue weighted by Crippen LogP contribution is -2.11. The predicted octanol–water partition coefficient (Wildman–Crippen LogP) is 5.26. The van der Waals surface area contributed by atoms with Gasteiger partial charge in [0.25, 0.3) is 0 Å². The molecule has 0 saturated heterocycles. The van der Waals surface area contributed by atoms with Gasteiger partial charge in [-0.1, -0.05) is 60.7 Å². The molecule has 3 aromatic rings. The van der Waals surface area contributed by atoms with Crippen LogP contribution in [0.5, 0.6) is 0 Å². The Hall–Kier alpha value is -2.61. The lowest BCUT2D eigenvalue weighted by Gasteiger charge is -2.16. The van der Waals surface area contributed by atoms with Crippen molar-refractivity contribution in [3.05, 3.63) is 94.9 Å². The van der Waals surface area contributed by atoms with Crippen LogP contribution >= 0.6 is 0 Å². The molecule has 4 rings (SSSR count). The summed E-state index contributed by atoms with van der Waals surface area (Å²) in [7, 11) is 0. The number of aryl methyl sites for hydroxylation is 1. The van der Waals surface area contributed by atoms with Crippen LogP contribution in [0.3, 0.4) is 0 Å². The van der Waals surface area contributed by atoms with Crippen LogP contribution in [0.25, 0.3) is 0 Å². The zero-order chi connectivity index (χ0) is 16.7. The molecule has 2 atom stereocenters. The summed E-state index contributed by atoms with van der Waals surface area (Å²) in [5, 5.41) is 0. The maximum absolute atomic E-state index is 11.9. The first-order valence-corrected chi connectivity index (χ1v) is 8.35. The highest BCUT2D eigenvalue weighted by Crippen LogP contribution is 2.64. The van der Waals surface area contributed by atoms with Gasteiger partial charge in [-0.3, -0.25) is 4.79 Å². The van der Waals surface area contributed by atoms with Crippen molar-refractivity contribution in [3.8, 4) is 0 Å². The van der Waals surface area contributed by atoms with Crippen molar-refractivity contribution in [1.82, 2.24) is 0 Å². The molecule has 2 unspecified atom stereocenters. The molecule has 1 aliphatic carbocycles. The average molecular weight is 316 g/mol. The fourth-order valence-corrected chi connectivity index (χ4v) is 3.87. The van der Waals surface area contributed by atoms with Crippen molar-refractivity contribution in [2.75, 3.05) is 0 Å². The Kier molecular flexibility index (Phi) is 3.42. The van der Waals surface area contributed by atoms with Gasteiger partial charge in [-0.05, 0) is 37.5 Å². The van der Waals surface area contributed by atoms with E-state index in [0.29, 0.717) is 17.2 Å². The van der Waals surface area contributed by atoms with Gasteiger partial charge < -0.3 is 4.42 Å². The smallest absolute Gasteiger partial charge is 0.163 e. The summed E-state index contributed by atoms with van der Waals surface area (Å²) < 4.78 is 6.09. The van der Waals surface area contributed by atoms with Crippen LogP contribution < -0.4 is 0 Å². The van der Waals surface area contributed by atoms with Crippen LogP contribution in [0.4, 0.5) is 0 Å². The molecule has 120 valence electrons. The zero-order valence-electron chi connectivity index (χ0n) is 14.0. The van der Waals surface area contributed by atoms with E-state index >= 15 is 0 Å². The molecule has 0 bridgehead atoms. The van der Waals surface area contributed by atoms with Gasteiger partial charge >= 0.3 is 0 Å². The molecule has 1 heterocycles. The molecule has 2 nitrogen and oxygen atoms in total. The van der Waals surface area contributed by atoms with E-state index in [9.17, 15) is 4.79 Å². The first-order valence-electron chi connectivity index (χ1n) is 8.35. The SMILES string of the molecule is CC(=O)c1cc(C2(c3ccccc3)CC2c2ccccc2)oc1C. The highest BCUT2D eigenvalue weighted by atomic mass is 16.3. The Bertz CT molecular complexity index is 877. The van der Waals surface area contributed by atoms with Gasteiger partial charge in [-0.25, -0.2) is 0 Å². The van der Waals surface area contributed by atoms with E-state index in [4.69, 9.17) is 4.42 Å². The number of hydrogen-bond donors (Lipinski definition) is 0. The third-order valence-corrected chi connectivity index (χ3v) is 5.19. The van der Waals surface area contributed by atoms with E-state index in [1.54, 1.807) is 6.92 Å². The molecule has 1 aliphatic rings. The van der Waals surface area contributed by atoms with Gasteiger partial charge in [0.05, 0.1) is 11.0 Å². The Balaban J connectivity index is 1.85. The number of Topliss-reactive ketones (excluding diaryl/α,β-unsaturated/α-hetero) is 1. The number of hydrogen-bond acceptors (Lipinski definition) is 2. The Morgan fingerprint density at radius 3 is 2.25 bits per heavy atom. The second-order valence-electron chi connectivity index (χ2n) is 6.64. The fourth-order valence-electron chi connectivity index (χ4n) is 3.87. The summed E-state index contributed by atoms with van der Waals surface area (Å²) in [5.41, 5.74) is 3.10. The van der Waals surface area contributed by atoms with E-state index in [1.807, 2.05) is 25.1 Å². The van der Waals surface area contributed by atoms with Crippen LogP contribution in [-0.2, 0) is 5.41 Å². The van der Waals surface area contributed by atoms with Gasteiger partial charge in [0, 0.05) is 5.92 Å². The summed E-state index contributed by atoms with van der Waals surface area (Å²) in [4.78, 5) is 11.9. The van der Waals surface area contributed by atoms with Crippen LogP contribution in [0.1, 0.15) is 52.3 Å². The monoisotopic (exact) mass is 316 g/mol. The summed E-state index contributed by atoms with van der Waals surface area (Å²) in [6.45, 7) is 3.47. The minimum absolute atomic E-state index is 0.0580. The van der Waals surface area contributed by atoms with Crippen LogP contribution in [-0.4, -0.2) is 5.78 Å². The second kappa shape index (κ2) is 5.48. The molecular weight excluding hydrogens is 296 g/mol. The summed E-state index contributed by atoms with van der Waals surface area (Å²) in [5.74, 6) is 2.06. The zero-order valence-corrected chi connectivity index (χ0v) is 14.0. The normalized spacial score (nSPS) is 22.3. The van der Waals surface area contributed by atoms with E-state index in [2.05, 4.69) is 48.5 Å². The Labute approximate surface area is 142 Å². The highest BCUT2D eigenvalue weighted by Gasteiger charge is 2.59. The van der Waals surface area contributed by atoms with Gasteiger partial charge in [0.1, 0.15) is 11.5 Å². The quantitative estimate of drug-likeness (QED) is 0.614. The number of rotatable bonds is 4. The lowest BCUT2D eigenvalue weighted by atomic mass is 9.88. The van der Waals surface area contributed by atoms with Gasteiger partial charge in [-0.2, -0.15) is 0 Å². The van der Waals surface area contributed by atoms with Crippen LogP contribution in [0.15, 0.2) is 71.1 Å². The van der Waals surface area contributed by atoms with E-state index in [-0.39, 0.29) is 11.2 Å². The standard InChI is InChI=1S/C22H20O2/c1-15(23)19-13-21(24-16(19)2)22(18-11-7-4-8-12-18)14-20(22)17-9-5-3-6-10-17/h3-13,20H,14H2,1-2H3. The molecule has 2 heteroatoms. The molecule has 0 aliphatic heterocycles. The molecular formula is C22H20O2. The third kappa shape index (κ3) is 2.22. The van der Waals surface area contributed by atoms with E-state index in [1.165, 1.54) is 11.1 Å². The van der Waals surface area contributed by atoms with Crippen molar-refractivity contribution in [2.45, 2.75) is 31.6 Å². The first kappa shape index (κ1) is 14.9. The molecule has 0 spiro atoms. The first-order chi connectivity index (χ1) is 11.6. The molecule has 24 heavy (non-hydrogen) atoms. The van der Waals surface area contributed by atoms with E-state index in [0.717, 1.165) is 12.2 Å². The summed E-state index contributed by atoms with van der Waals surface area (Å²) in [6.07, 6.45) is 1.01. The molecule has 0 amide bonds. The summed E-state index contributed by atoms with van der Waals surface area (Å²) >= 11 is 0.